The van der Waals surface area contributed by atoms with E-state index in [1.807, 2.05) is 0 Å². The molecule has 0 radical (unpaired) electrons. The number of aromatic hydroxyl groups is 2. The van der Waals surface area contributed by atoms with Crippen molar-refractivity contribution in [1.82, 2.24) is 0 Å². The van der Waals surface area contributed by atoms with E-state index in [9.17, 15) is 49.8 Å². The van der Waals surface area contributed by atoms with Crippen molar-refractivity contribution in [3.8, 4) is 11.5 Å². The summed E-state index contributed by atoms with van der Waals surface area (Å²) >= 11 is 0. The predicted molar refractivity (Wildman–Crippen MR) is 134 cm³/mol. The maximum absolute atomic E-state index is 14.5. The molecule has 2 aromatic carbocycles. The number of hydrogen-bond acceptors (Lipinski definition) is 10. The van der Waals surface area contributed by atoms with Crippen LogP contribution in [0, 0.1) is 48.3 Å². The second kappa shape index (κ2) is 6.54. The van der Waals surface area contributed by atoms with Crippen LogP contribution in [0.5, 0.6) is 11.5 Å². The van der Waals surface area contributed by atoms with Crippen LogP contribution in [0.3, 0.4) is 0 Å². The number of carbonyl (C=O) groups is 4. The molecule has 8 atom stereocenters. The molecule has 6 aliphatic carbocycles. The molecule has 10 nitrogen and oxygen atoms in total. The smallest absolute Gasteiger partial charge is 0.175 e. The van der Waals surface area contributed by atoms with Crippen molar-refractivity contribution < 1.29 is 49.8 Å². The van der Waals surface area contributed by atoms with Gasteiger partial charge >= 0.3 is 0 Å². The molecule has 0 amide bonds. The first-order chi connectivity index (χ1) is 18.8. The van der Waals surface area contributed by atoms with Gasteiger partial charge in [0.1, 0.15) is 23.0 Å². The molecule has 4 bridgehead atoms. The minimum atomic E-state index is -2.25. The molecular weight excluding hydrogens is 520 g/mol. The lowest BCUT2D eigenvalue weighted by molar-refractivity contribution is -0.142. The quantitative estimate of drug-likeness (QED) is 0.286. The summed E-state index contributed by atoms with van der Waals surface area (Å²) < 4.78 is 0. The van der Waals surface area contributed by atoms with E-state index in [4.69, 9.17) is 0 Å². The lowest BCUT2D eigenvalue weighted by Crippen LogP contribution is -2.65. The van der Waals surface area contributed by atoms with Gasteiger partial charge < -0.3 is 30.6 Å². The van der Waals surface area contributed by atoms with Crippen LogP contribution < -0.4 is 0 Å². The van der Waals surface area contributed by atoms with Crippen molar-refractivity contribution >= 4 is 34.7 Å². The standard InChI is InChI=1S/C30H22O10/c1-7-3-9-13(11(31)5-7)21(33)17-25(37)20-23(35)15-16-24(36)19(29(15,17)27(9)39)26(38)18-22(34)14-10(28(40)30(16,18)20)4-8(2)6-12(14)32/h3-6,15-16,19-20,23-24,31-36H,1-2H3/t15?,16?,19-,20-,23?,24?,29?,30?/m1/s1. The van der Waals surface area contributed by atoms with Gasteiger partial charge in [-0.25, -0.2) is 0 Å². The molecule has 6 N–H and O–H groups in total. The zero-order valence-corrected chi connectivity index (χ0v) is 21.1. The molecule has 202 valence electrons. The molecule has 0 heterocycles. The van der Waals surface area contributed by atoms with Crippen molar-refractivity contribution in [3.05, 3.63) is 68.8 Å². The van der Waals surface area contributed by atoms with Crippen LogP contribution in [0.4, 0.5) is 0 Å². The zero-order chi connectivity index (χ0) is 28.5. The summed E-state index contributed by atoms with van der Waals surface area (Å²) in [4.78, 5) is 57.9. The van der Waals surface area contributed by atoms with E-state index >= 15 is 0 Å². The van der Waals surface area contributed by atoms with Gasteiger partial charge in [-0.15, -0.1) is 0 Å². The number of ketones is 4. The number of aryl methyl sites for hydroxylation is 2. The fraction of sp³-hybridized carbons (Fsp3) is 0.333. The first-order valence-corrected chi connectivity index (χ1v) is 12.9. The lowest BCUT2D eigenvalue weighted by Gasteiger charge is -2.53. The molecule has 6 unspecified atom stereocenters. The van der Waals surface area contributed by atoms with E-state index in [2.05, 4.69) is 0 Å². The number of phenols is 2. The number of aliphatic hydroxyl groups is 4. The number of rotatable bonds is 0. The van der Waals surface area contributed by atoms with Gasteiger partial charge in [0.05, 0.1) is 57.1 Å². The highest BCUT2D eigenvalue weighted by molar-refractivity contribution is 6.30. The molecule has 0 aliphatic heterocycles. The number of fused-ring (bicyclic) bond motifs is 4. The summed E-state index contributed by atoms with van der Waals surface area (Å²) in [6, 6.07) is 5.37. The number of Topliss-reactive ketones (excluding diaryl/α,β-unsaturated/α-hetero) is 4. The molecule has 0 saturated heterocycles. The topological polar surface area (TPSA) is 190 Å². The highest BCUT2D eigenvalue weighted by atomic mass is 16.3. The Morgan fingerprint density at radius 1 is 0.600 bits per heavy atom. The van der Waals surface area contributed by atoms with Crippen LogP contribution in [0.1, 0.15) is 43.0 Å². The SMILES string of the molecule is Cc1cc(O)c2c(c1)C(=O)C13C(=C2O)C(=O)[C@H]2C(O)C1C1C(O)[C@@H]3C(=O)C3=C(O)c4c(O)cc(C)cc4C(=O)C312. The Labute approximate surface area is 225 Å². The van der Waals surface area contributed by atoms with E-state index in [0.717, 1.165) is 0 Å². The second-order valence-corrected chi connectivity index (χ2v) is 12.0. The van der Waals surface area contributed by atoms with Gasteiger partial charge in [-0.1, -0.05) is 0 Å². The van der Waals surface area contributed by atoms with Crippen LogP contribution in [-0.2, 0) is 9.59 Å². The minimum absolute atomic E-state index is 0.185. The highest BCUT2D eigenvalue weighted by Gasteiger charge is 2.89. The Morgan fingerprint density at radius 3 is 1.30 bits per heavy atom. The third-order valence-corrected chi connectivity index (χ3v) is 10.4. The van der Waals surface area contributed by atoms with Crippen molar-refractivity contribution in [3.63, 3.8) is 0 Å². The number of phenolic OH excluding ortho intramolecular Hbond substituents is 2. The molecule has 4 saturated carbocycles. The Balaban J connectivity index is 1.55. The number of aliphatic hydroxyl groups excluding tert-OH is 4. The summed E-state index contributed by atoms with van der Waals surface area (Å²) in [7, 11) is 0. The van der Waals surface area contributed by atoms with E-state index in [1.54, 1.807) is 13.8 Å². The minimum Gasteiger partial charge on any atom is -0.507 e. The van der Waals surface area contributed by atoms with Crippen molar-refractivity contribution in [1.29, 1.82) is 0 Å². The van der Waals surface area contributed by atoms with Gasteiger partial charge in [0, 0.05) is 23.0 Å². The third kappa shape index (κ3) is 1.96. The number of benzene rings is 2. The van der Waals surface area contributed by atoms with E-state index in [-0.39, 0.29) is 22.3 Å². The van der Waals surface area contributed by atoms with Gasteiger partial charge in [-0.3, -0.25) is 19.2 Å². The molecule has 2 spiro atoms. The number of hydrogen-bond donors (Lipinski definition) is 6. The Bertz CT molecular complexity index is 1680. The monoisotopic (exact) mass is 542 g/mol. The fourth-order valence-electron chi connectivity index (χ4n) is 9.51. The average Bonchev–Trinajstić information content (AvgIpc) is 3.22. The van der Waals surface area contributed by atoms with Crippen LogP contribution in [-0.4, -0.2) is 66.0 Å². The van der Waals surface area contributed by atoms with E-state index in [1.165, 1.54) is 24.3 Å². The molecular formula is C30H22O10. The molecule has 2 aromatic rings. The summed E-state index contributed by atoms with van der Waals surface area (Å²) in [6.45, 7) is 3.19. The zero-order valence-electron chi connectivity index (χ0n) is 21.1. The molecule has 10 heteroatoms. The maximum atomic E-state index is 14.5. The van der Waals surface area contributed by atoms with Crippen LogP contribution in [0.15, 0.2) is 35.4 Å². The first-order valence-electron chi connectivity index (χ1n) is 12.9. The molecule has 6 aliphatic rings. The van der Waals surface area contributed by atoms with E-state index < -0.39 is 104 Å². The summed E-state index contributed by atoms with van der Waals surface area (Å²) in [5.41, 5.74) is -5.58. The van der Waals surface area contributed by atoms with Crippen LogP contribution in [0.25, 0.3) is 11.5 Å². The van der Waals surface area contributed by atoms with Crippen LogP contribution >= 0.6 is 0 Å². The predicted octanol–water partition coefficient (Wildman–Crippen LogP) is 1.70. The molecule has 0 aromatic heterocycles. The number of allylic oxidation sites excluding steroid dienone is 2. The largest absolute Gasteiger partial charge is 0.507 e. The van der Waals surface area contributed by atoms with Gasteiger partial charge in [0.25, 0.3) is 0 Å². The molecule has 40 heavy (non-hydrogen) atoms. The summed E-state index contributed by atoms with van der Waals surface area (Å²) in [5, 5.41) is 67.8. The maximum Gasteiger partial charge on any atom is 0.175 e. The molecule has 8 rings (SSSR count). The normalized spacial score (nSPS) is 38.1. The van der Waals surface area contributed by atoms with Gasteiger partial charge in [0.15, 0.2) is 23.1 Å². The lowest BCUT2D eigenvalue weighted by atomic mass is 9.46. The highest BCUT2D eigenvalue weighted by Crippen LogP contribution is 2.80. The van der Waals surface area contributed by atoms with Gasteiger partial charge in [-0.2, -0.15) is 0 Å². The fourth-order valence-corrected chi connectivity index (χ4v) is 9.51. The number of carbonyl (C=O) groups excluding carboxylic acids is 4. The summed E-state index contributed by atoms with van der Waals surface area (Å²) in [6.07, 6.45) is -3.37. The van der Waals surface area contributed by atoms with Crippen molar-refractivity contribution in [2.45, 2.75) is 26.1 Å². The second-order valence-electron chi connectivity index (χ2n) is 12.0. The van der Waals surface area contributed by atoms with Crippen molar-refractivity contribution in [2.75, 3.05) is 0 Å². The van der Waals surface area contributed by atoms with E-state index in [0.29, 0.717) is 11.1 Å². The Hall–Kier alpha value is -4.28. The van der Waals surface area contributed by atoms with Crippen molar-refractivity contribution in [2.24, 2.45) is 34.5 Å². The molecule has 4 fully saturated rings. The summed E-state index contributed by atoms with van der Waals surface area (Å²) in [5.74, 6) is -12.2. The Kier molecular flexibility index (Phi) is 3.86. The third-order valence-electron chi connectivity index (χ3n) is 10.4. The Morgan fingerprint density at radius 2 is 0.950 bits per heavy atom. The van der Waals surface area contributed by atoms with Gasteiger partial charge in [0.2, 0.25) is 0 Å². The first kappa shape index (κ1) is 23.6. The van der Waals surface area contributed by atoms with Gasteiger partial charge in [-0.05, 0) is 49.2 Å². The van der Waals surface area contributed by atoms with Crippen LogP contribution in [0.2, 0.25) is 0 Å². The average molecular weight is 542 g/mol.